The summed E-state index contributed by atoms with van der Waals surface area (Å²) in [5, 5.41) is 3.90. The molecule has 178 valence electrons. The Kier molecular flexibility index (Phi) is 6.04. The van der Waals surface area contributed by atoms with Crippen LogP contribution < -0.4 is 10.2 Å². The van der Waals surface area contributed by atoms with Gasteiger partial charge in [0.1, 0.15) is 23.5 Å². The molecule has 0 aliphatic carbocycles. The molecule has 3 amide bonds. The quantitative estimate of drug-likeness (QED) is 0.617. The van der Waals surface area contributed by atoms with Gasteiger partial charge in [0.2, 0.25) is 0 Å². The number of amides is 3. The normalized spacial score (nSPS) is 20.5. The highest BCUT2D eigenvalue weighted by Gasteiger charge is 2.33. The minimum absolute atomic E-state index is 0.0486. The van der Waals surface area contributed by atoms with Crippen molar-refractivity contribution in [3.8, 4) is 0 Å². The highest BCUT2D eigenvalue weighted by Crippen LogP contribution is 2.29. The standard InChI is InChI=1S/C24H30N8O2/c1-16-8-12-32(14-20(16)30(2)22-18-7-9-25-21(18)27-15-28-22)24(34)29-17-5-6-19(26-13-17)23(33)31-10-3-4-11-31/h5-7,9,13,15-16,20H,3-4,8,10-12,14H2,1-2H3,(H,29,34)(H,25,27,28). The molecule has 5 heterocycles. The zero-order valence-electron chi connectivity index (χ0n) is 19.6. The molecular weight excluding hydrogens is 432 g/mol. The summed E-state index contributed by atoms with van der Waals surface area (Å²) in [4.78, 5) is 47.6. The Morgan fingerprint density at radius 3 is 2.68 bits per heavy atom. The van der Waals surface area contributed by atoms with E-state index in [-0.39, 0.29) is 18.0 Å². The Morgan fingerprint density at radius 2 is 1.91 bits per heavy atom. The van der Waals surface area contributed by atoms with Gasteiger partial charge in [0.05, 0.1) is 23.3 Å². The molecule has 0 spiro atoms. The fourth-order valence-electron chi connectivity index (χ4n) is 4.91. The van der Waals surface area contributed by atoms with E-state index in [0.717, 1.165) is 49.2 Å². The fourth-order valence-corrected chi connectivity index (χ4v) is 4.91. The van der Waals surface area contributed by atoms with Gasteiger partial charge in [0.25, 0.3) is 5.91 Å². The van der Waals surface area contributed by atoms with E-state index < -0.39 is 0 Å². The van der Waals surface area contributed by atoms with Gasteiger partial charge in [0.15, 0.2) is 0 Å². The van der Waals surface area contributed by atoms with Gasteiger partial charge in [-0.2, -0.15) is 0 Å². The topological polar surface area (TPSA) is 110 Å². The number of aromatic nitrogens is 4. The summed E-state index contributed by atoms with van der Waals surface area (Å²) in [6, 6.07) is 5.35. The number of likely N-dealkylation sites (tertiary alicyclic amines) is 2. The first-order valence-corrected chi connectivity index (χ1v) is 11.8. The number of fused-ring (bicyclic) bond motifs is 1. The molecule has 2 fully saturated rings. The van der Waals surface area contributed by atoms with Crippen LogP contribution in [0.2, 0.25) is 0 Å². The van der Waals surface area contributed by atoms with Gasteiger partial charge in [-0.3, -0.25) is 4.79 Å². The van der Waals surface area contributed by atoms with Crippen molar-refractivity contribution in [3.05, 3.63) is 42.6 Å². The molecule has 5 rings (SSSR count). The van der Waals surface area contributed by atoms with Crippen molar-refractivity contribution in [3.63, 3.8) is 0 Å². The Bertz CT molecular complexity index is 1170. The van der Waals surface area contributed by atoms with Crippen molar-refractivity contribution >= 4 is 34.5 Å². The van der Waals surface area contributed by atoms with Crippen molar-refractivity contribution in [2.75, 3.05) is 43.4 Å². The number of nitrogens with one attached hydrogen (secondary N) is 2. The number of carbonyl (C=O) groups is 2. The third-order valence-corrected chi connectivity index (χ3v) is 7.00. The summed E-state index contributed by atoms with van der Waals surface area (Å²) in [7, 11) is 2.03. The molecule has 0 aromatic carbocycles. The van der Waals surface area contributed by atoms with Crippen molar-refractivity contribution < 1.29 is 9.59 Å². The lowest BCUT2D eigenvalue weighted by molar-refractivity contribution is 0.0787. The number of likely N-dealkylation sites (N-methyl/N-ethyl adjacent to an activating group) is 1. The second-order valence-corrected chi connectivity index (χ2v) is 9.19. The number of hydrogen-bond donors (Lipinski definition) is 2. The molecule has 0 radical (unpaired) electrons. The maximum absolute atomic E-state index is 13.0. The minimum Gasteiger partial charge on any atom is -0.354 e. The van der Waals surface area contributed by atoms with Crippen LogP contribution in [0.1, 0.15) is 36.7 Å². The zero-order valence-corrected chi connectivity index (χ0v) is 19.6. The first kappa shape index (κ1) is 22.1. The largest absolute Gasteiger partial charge is 0.354 e. The third kappa shape index (κ3) is 4.27. The number of pyridine rings is 1. The molecule has 34 heavy (non-hydrogen) atoms. The Labute approximate surface area is 198 Å². The number of H-pyrrole nitrogens is 1. The van der Waals surface area contributed by atoms with Crippen LogP contribution in [0, 0.1) is 5.92 Å². The van der Waals surface area contributed by atoms with Gasteiger partial charge < -0.3 is 25.0 Å². The van der Waals surface area contributed by atoms with Gasteiger partial charge in [-0.1, -0.05) is 6.92 Å². The van der Waals surface area contributed by atoms with E-state index in [9.17, 15) is 9.59 Å². The zero-order chi connectivity index (χ0) is 23.7. The number of nitrogens with zero attached hydrogens (tertiary/aromatic N) is 6. The predicted octanol–water partition coefficient (Wildman–Crippen LogP) is 2.97. The van der Waals surface area contributed by atoms with E-state index in [0.29, 0.717) is 30.4 Å². The summed E-state index contributed by atoms with van der Waals surface area (Å²) < 4.78 is 0. The van der Waals surface area contributed by atoms with E-state index >= 15 is 0 Å². The molecule has 3 aromatic heterocycles. The molecule has 2 saturated heterocycles. The second-order valence-electron chi connectivity index (χ2n) is 9.19. The predicted molar refractivity (Wildman–Crippen MR) is 130 cm³/mol. The van der Waals surface area contributed by atoms with Crippen LogP contribution >= 0.6 is 0 Å². The third-order valence-electron chi connectivity index (χ3n) is 7.00. The summed E-state index contributed by atoms with van der Waals surface area (Å²) >= 11 is 0. The summed E-state index contributed by atoms with van der Waals surface area (Å²) in [5.41, 5.74) is 1.79. The summed E-state index contributed by atoms with van der Waals surface area (Å²) in [5.74, 6) is 1.20. The molecule has 2 N–H and O–H groups in total. The molecule has 2 unspecified atom stereocenters. The van der Waals surface area contributed by atoms with Crippen LogP contribution in [0.15, 0.2) is 36.9 Å². The highest BCUT2D eigenvalue weighted by molar-refractivity contribution is 5.94. The molecular formula is C24H30N8O2. The van der Waals surface area contributed by atoms with E-state index in [4.69, 9.17) is 0 Å². The van der Waals surface area contributed by atoms with Crippen LogP contribution in [0.4, 0.5) is 16.3 Å². The summed E-state index contributed by atoms with van der Waals surface area (Å²) in [6.07, 6.45) is 7.95. The fraction of sp³-hybridized carbons (Fsp3) is 0.458. The van der Waals surface area contributed by atoms with E-state index in [1.807, 2.05) is 29.1 Å². The molecule has 0 bridgehead atoms. The van der Waals surface area contributed by atoms with Crippen LogP contribution in [-0.2, 0) is 0 Å². The number of piperidine rings is 1. The lowest BCUT2D eigenvalue weighted by atomic mass is 9.92. The average Bonchev–Trinajstić information content (AvgIpc) is 3.56. The number of anilines is 2. The van der Waals surface area contributed by atoms with E-state index in [2.05, 4.69) is 37.1 Å². The number of carbonyl (C=O) groups excluding carboxylic acids is 2. The smallest absolute Gasteiger partial charge is 0.321 e. The van der Waals surface area contributed by atoms with Crippen LogP contribution in [0.5, 0.6) is 0 Å². The van der Waals surface area contributed by atoms with Crippen LogP contribution in [-0.4, -0.2) is 80.9 Å². The lowest BCUT2D eigenvalue weighted by Crippen LogP contribution is -2.53. The molecule has 2 atom stereocenters. The second kappa shape index (κ2) is 9.28. The molecule has 3 aromatic rings. The number of aromatic amines is 1. The average molecular weight is 463 g/mol. The first-order chi connectivity index (χ1) is 16.5. The molecule has 2 aliphatic rings. The minimum atomic E-state index is -0.166. The lowest BCUT2D eigenvalue weighted by Gasteiger charge is -2.42. The van der Waals surface area contributed by atoms with E-state index in [1.165, 1.54) is 0 Å². The maximum atomic E-state index is 13.0. The Balaban J connectivity index is 1.24. The van der Waals surface area contributed by atoms with Gasteiger partial charge in [-0.15, -0.1) is 0 Å². The first-order valence-electron chi connectivity index (χ1n) is 11.8. The van der Waals surface area contributed by atoms with Crippen LogP contribution in [0.25, 0.3) is 11.0 Å². The molecule has 10 heteroatoms. The van der Waals surface area contributed by atoms with E-state index in [1.54, 1.807) is 24.7 Å². The SMILES string of the molecule is CC1CCN(C(=O)Nc2ccc(C(=O)N3CCCC3)nc2)CC1N(C)c1ncnc2[nH]ccc12. The van der Waals surface area contributed by atoms with Gasteiger partial charge >= 0.3 is 6.03 Å². The number of rotatable bonds is 4. The van der Waals surface area contributed by atoms with Crippen molar-refractivity contribution in [2.45, 2.75) is 32.2 Å². The van der Waals surface area contributed by atoms with Crippen LogP contribution in [0.3, 0.4) is 0 Å². The highest BCUT2D eigenvalue weighted by atomic mass is 16.2. The van der Waals surface area contributed by atoms with Gasteiger partial charge in [0, 0.05) is 39.4 Å². The van der Waals surface area contributed by atoms with Crippen molar-refractivity contribution in [1.29, 1.82) is 0 Å². The van der Waals surface area contributed by atoms with Gasteiger partial charge in [-0.05, 0) is 43.4 Å². The Hall–Kier alpha value is -3.69. The number of hydrogen-bond acceptors (Lipinski definition) is 6. The summed E-state index contributed by atoms with van der Waals surface area (Å²) in [6.45, 7) is 5.04. The van der Waals surface area contributed by atoms with Crippen molar-refractivity contribution in [2.24, 2.45) is 5.92 Å². The number of urea groups is 1. The maximum Gasteiger partial charge on any atom is 0.321 e. The Morgan fingerprint density at radius 1 is 1.09 bits per heavy atom. The molecule has 10 nitrogen and oxygen atoms in total. The van der Waals surface area contributed by atoms with Gasteiger partial charge in [-0.25, -0.2) is 19.7 Å². The molecule has 2 aliphatic heterocycles. The molecule has 0 saturated carbocycles. The monoisotopic (exact) mass is 462 g/mol. The van der Waals surface area contributed by atoms with Crippen molar-refractivity contribution in [1.82, 2.24) is 29.7 Å².